The van der Waals surface area contributed by atoms with Gasteiger partial charge in [-0.2, -0.15) is 0 Å². The Morgan fingerprint density at radius 3 is 2.40 bits per heavy atom. The summed E-state index contributed by atoms with van der Waals surface area (Å²) < 4.78 is 10.6. The van der Waals surface area contributed by atoms with Crippen molar-refractivity contribution in [1.29, 1.82) is 0 Å². The van der Waals surface area contributed by atoms with Crippen LogP contribution in [0.3, 0.4) is 0 Å². The molecule has 0 radical (unpaired) electrons. The maximum Gasteiger partial charge on any atom is 0.347 e. The highest BCUT2D eigenvalue weighted by atomic mass is 32.1. The molecule has 0 aliphatic carbocycles. The van der Waals surface area contributed by atoms with E-state index in [0.29, 0.717) is 5.39 Å². The Morgan fingerprint density at radius 1 is 1.16 bits per heavy atom. The molecule has 2 aromatic rings. The molecule has 0 aliphatic heterocycles. The summed E-state index contributed by atoms with van der Waals surface area (Å²) in [4.78, 5) is 36.4. The number of nitrogens with one attached hydrogen (secondary N) is 1. The third-order valence-electron chi connectivity index (χ3n) is 3.29. The van der Waals surface area contributed by atoms with Crippen LogP contribution < -0.4 is 10.7 Å². The fraction of sp³-hybridized carbons (Fsp3) is 0.278. The Morgan fingerprint density at radius 2 is 1.80 bits per heavy atom. The zero-order valence-electron chi connectivity index (χ0n) is 14.3. The molecule has 132 valence electrons. The van der Waals surface area contributed by atoms with E-state index in [-0.39, 0.29) is 29.9 Å². The minimum Gasteiger partial charge on any atom is -0.462 e. The lowest BCUT2D eigenvalue weighted by atomic mass is 10.2. The van der Waals surface area contributed by atoms with Crippen LogP contribution in [0.25, 0.3) is 10.1 Å². The second-order valence-electron chi connectivity index (χ2n) is 5.12. The van der Waals surface area contributed by atoms with Crippen molar-refractivity contribution in [3.05, 3.63) is 51.1 Å². The van der Waals surface area contributed by atoms with Gasteiger partial charge in [-0.3, -0.25) is 4.79 Å². The van der Waals surface area contributed by atoms with Crippen LogP contribution in [0.1, 0.15) is 19.4 Å². The third kappa shape index (κ3) is 4.45. The molecule has 0 spiro atoms. The number of anilines is 1. The Labute approximate surface area is 149 Å². The highest BCUT2D eigenvalue weighted by molar-refractivity contribution is 7.16. The van der Waals surface area contributed by atoms with Gasteiger partial charge in [0.15, 0.2) is 5.57 Å². The van der Waals surface area contributed by atoms with Crippen molar-refractivity contribution in [3.63, 3.8) is 0 Å². The average molecular weight is 361 g/mol. The first-order chi connectivity index (χ1) is 12.0. The number of aryl methyl sites for hydroxylation is 1. The average Bonchev–Trinajstić information content (AvgIpc) is 2.58. The second kappa shape index (κ2) is 8.43. The lowest BCUT2D eigenvalue weighted by Gasteiger charge is -2.08. The maximum atomic E-state index is 12.6. The molecule has 7 heteroatoms. The summed E-state index contributed by atoms with van der Waals surface area (Å²) in [6.45, 7) is 5.43. The molecule has 0 bridgehead atoms. The van der Waals surface area contributed by atoms with Crippen LogP contribution in [-0.4, -0.2) is 25.2 Å². The van der Waals surface area contributed by atoms with Gasteiger partial charge >= 0.3 is 11.9 Å². The Balaban J connectivity index is 2.38. The van der Waals surface area contributed by atoms with Crippen molar-refractivity contribution in [2.24, 2.45) is 0 Å². The smallest absolute Gasteiger partial charge is 0.347 e. The minimum absolute atomic E-state index is 0.125. The summed E-state index contributed by atoms with van der Waals surface area (Å²) in [5.74, 6) is -1.61. The number of rotatable bonds is 6. The SMILES string of the molecule is CCOC(=O)C(=CNc1csc2ccc(C)cc2c1=O)C(=O)OCC. The number of fused-ring (bicyclic) bond motifs is 1. The summed E-state index contributed by atoms with van der Waals surface area (Å²) in [6, 6.07) is 5.63. The Kier molecular flexibility index (Phi) is 6.30. The molecule has 0 saturated carbocycles. The predicted molar refractivity (Wildman–Crippen MR) is 97.8 cm³/mol. The first kappa shape index (κ1) is 18.7. The van der Waals surface area contributed by atoms with Gasteiger partial charge in [-0.05, 0) is 32.9 Å². The molecule has 0 atom stereocenters. The molecular weight excluding hydrogens is 342 g/mol. The van der Waals surface area contributed by atoms with Gasteiger partial charge in [-0.15, -0.1) is 11.3 Å². The predicted octanol–water partition coefficient (Wildman–Crippen LogP) is 2.99. The Bertz CT molecular complexity index is 865. The van der Waals surface area contributed by atoms with Gasteiger partial charge in [-0.1, -0.05) is 11.6 Å². The van der Waals surface area contributed by atoms with E-state index in [9.17, 15) is 14.4 Å². The molecule has 1 aromatic heterocycles. The van der Waals surface area contributed by atoms with Gasteiger partial charge in [0.05, 0.1) is 18.9 Å². The number of hydrogen-bond acceptors (Lipinski definition) is 7. The van der Waals surface area contributed by atoms with E-state index < -0.39 is 11.9 Å². The molecule has 0 saturated heterocycles. The number of carbonyl (C=O) groups is 2. The second-order valence-corrected chi connectivity index (χ2v) is 6.03. The van der Waals surface area contributed by atoms with Crippen LogP contribution in [0.5, 0.6) is 0 Å². The van der Waals surface area contributed by atoms with Crippen molar-refractivity contribution in [3.8, 4) is 0 Å². The minimum atomic E-state index is -0.804. The van der Waals surface area contributed by atoms with E-state index in [0.717, 1.165) is 16.5 Å². The van der Waals surface area contributed by atoms with Crippen molar-refractivity contribution in [2.75, 3.05) is 18.5 Å². The lowest BCUT2D eigenvalue weighted by Crippen LogP contribution is -2.20. The molecule has 1 aromatic carbocycles. The van der Waals surface area contributed by atoms with Crippen LogP contribution >= 0.6 is 11.3 Å². The molecule has 0 amide bonds. The maximum absolute atomic E-state index is 12.6. The molecule has 6 nitrogen and oxygen atoms in total. The monoisotopic (exact) mass is 361 g/mol. The lowest BCUT2D eigenvalue weighted by molar-refractivity contribution is -0.146. The van der Waals surface area contributed by atoms with E-state index in [4.69, 9.17) is 9.47 Å². The fourth-order valence-corrected chi connectivity index (χ4v) is 2.96. The van der Waals surface area contributed by atoms with Crippen LogP contribution in [-0.2, 0) is 19.1 Å². The first-order valence-electron chi connectivity index (χ1n) is 7.81. The molecule has 1 N–H and O–H groups in total. The van der Waals surface area contributed by atoms with E-state index in [1.165, 1.54) is 11.3 Å². The van der Waals surface area contributed by atoms with Crippen LogP contribution in [0.2, 0.25) is 0 Å². The van der Waals surface area contributed by atoms with Gasteiger partial charge in [0.2, 0.25) is 5.43 Å². The zero-order valence-corrected chi connectivity index (χ0v) is 15.1. The summed E-state index contributed by atoms with van der Waals surface area (Å²) in [5.41, 5.74) is 0.746. The molecule has 2 rings (SSSR count). The summed E-state index contributed by atoms with van der Waals surface area (Å²) >= 11 is 1.39. The van der Waals surface area contributed by atoms with Crippen molar-refractivity contribution in [1.82, 2.24) is 0 Å². The van der Waals surface area contributed by atoms with Gasteiger partial charge in [0, 0.05) is 21.7 Å². The quantitative estimate of drug-likeness (QED) is 0.369. The van der Waals surface area contributed by atoms with E-state index in [1.54, 1.807) is 25.3 Å². The topological polar surface area (TPSA) is 81.7 Å². The normalized spacial score (nSPS) is 10.2. The summed E-state index contributed by atoms with van der Waals surface area (Å²) in [6.07, 6.45) is 1.15. The van der Waals surface area contributed by atoms with Crippen molar-refractivity contribution in [2.45, 2.75) is 20.8 Å². The van der Waals surface area contributed by atoms with Crippen molar-refractivity contribution < 1.29 is 19.1 Å². The largest absolute Gasteiger partial charge is 0.462 e. The molecule has 0 unspecified atom stereocenters. The zero-order chi connectivity index (χ0) is 18.4. The Hall–Kier alpha value is -2.67. The van der Waals surface area contributed by atoms with Gasteiger partial charge in [-0.25, -0.2) is 9.59 Å². The van der Waals surface area contributed by atoms with E-state index in [1.807, 2.05) is 19.1 Å². The number of carbonyl (C=O) groups excluding carboxylic acids is 2. The van der Waals surface area contributed by atoms with Crippen LogP contribution in [0, 0.1) is 6.92 Å². The number of hydrogen-bond donors (Lipinski definition) is 1. The highest BCUT2D eigenvalue weighted by Crippen LogP contribution is 2.20. The summed E-state index contributed by atoms with van der Waals surface area (Å²) in [5, 5.41) is 4.96. The standard InChI is InChI=1S/C18H19NO5S/c1-4-23-17(21)13(18(22)24-5-2)9-19-14-10-25-15-7-6-11(3)8-12(15)16(14)20/h6-10,19H,4-5H2,1-3H3. The third-order valence-corrected chi connectivity index (χ3v) is 4.25. The number of esters is 2. The van der Waals surface area contributed by atoms with Crippen molar-refractivity contribution >= 4 is 39.0 Å². The van der Waals surface area contributed by atoms with Crippen LogP contribution in [0.4, 0.5) is 5.69 Å². The number of ether oxygens (including phenoxy) is 2. The van der Waals surface area contributed by atoms with E-state index in [2.05, 4.69) is 5.32 Å². The van der Waals surface area contributed by atoms with E-state index >= 15 is 0 Å². The van der Waals surface area contributed by atoms with Gasteiger partial charge in [0.1, 0.15) is 0 Å². The molecular formula is C18H19NO5S. The highest BCUT2D eigenvalue weighted by Gasteiger charge is 2.21. The molecule has 0 aliphatic rings. The van der Waals surface area contributed by atoms with Gasteiger partial charge in [0.25, 0.3) is 0 Å². The molecule has 25 heavy (non-hydrogen) atoms. The van der Waals surface area contributed by atoms with Crippen LogP contribution in [0.15, 0.2) is 40.1 Å². The molecule has 0 fully saturated rings. The fourth-order valence-electron chi connectivity index (χ4n) is 2.11. The van der Waals surface area contributed by atoms with Gasteiger partial charge < -0.3 is 14.8 Å². The first-order valence-corrected chi connectivity index (χ1v) is 8.69. The molecule has 1 heterocycles. The number of benzene rings is 1. The summed E-state index contributed by atoms with van der Waals surface area (Å²) in [7, 11) is 0.